The largest absolute Gasteiger partial charge is 0.321 e. The third-order valence-corrected chi connectivity index (χ3v) is 8.09. The number of hydrogen-bond donors (Lipinski definition) is 4. The van der Waals surface area contributed by atoms with E-state index in [1.165, 1.54) is 30.7 Å². The number of halogens is 2. The zero-order valence-corrected chi connectivity index (χ0v) is 25.4. The molecule has 0 aliphatic heterocycles. The lowest BCUT2D eigenvalue weighted by Crippen LogP contribution is -2.21. The fourth-order valence-electron chi connectivity index (χ4n) is 5.29. The average Bonchev–Trinajstić information content (AvgIpc) is 3.69. The van der Waals surface area contributed by atoms with E-state index in [9.17, 15) is 17.6 Å². The van der Waals surface area contributed by atoms with Crippen LogP contribution < -0.4 is 10.0 Å². The van der Waals surface area contributed by atoms with Crippen LogP contribution in [0.2, 0.25) is 0 Å². The monoisotopic (exact) mass is 650 g/mol. The van der Waals surface area contributed by atoms with Crippen LogP contribution in [0.15, 0.2) is 91.4 Å². The summed E-state index contributed by atoms with van der Waals surface area (Å²) in [5.74, 6) is -1.24. The van der Waals surface area contributed by atoms with Gasteiger partial charge in [0.2, 0.25) is 10.0 Å². The number of fused-ring (bicyclic) bond motifs is 2. The number of aromatic amines is 2. The summed E-state index contributed by atoms with van der Waals surface area (Å²) in [5.41, 5.74) is 4.28. The number of carbonyl (C=O) groups excluding carboxylic acids is 1. The van der Waals surface area contributed by atoms with Crippen LogP contribution in [-0.2, 0) is 16.6 Å². The van der Waals surface area contributed by atoms with Crippen molar-refractivity contribution in [2.75, 3.05) is 11.6 Å². The van der Waals surface area contributed by atoms with Crippen molar-refractivity contribution in [3.8, 4) is 33.8 Å². The van der Waals surface area contributed by atoms with Crippen LogP contribution in [0.5, 0.6) is 0 Å². The lowest BCUT2D eigenvalue weighted by atomic mass is 10.0. The normalized spacial score (nSPS) is 11.7. The fourth-order valence-corrected chi connectivity index (χ4v) is 5.72. The second kappa shape index (κ2) is 11.8. The molecule has 1 amide bonds. The van der Waals surface area contributed by atoms with E-state index < -0.39 is 21.7 Å². The summed E-state index contributed by atoms with van der Waals surface area (Å²) in [5, 5.41) is 10.1. The van der Waals surface area contributed by atoms with Crippen molar-refractivity contribution in [2.24, 2.45) is 0 Å². The molecule has 0 fully saturated rings. The highest BCUT2D eigenvalue weighted by molar-refractivity contribution is 7.88. The number of nitrogens with one attached hydrogen (secondary N) is 4. The summed E-state index contributed by atoms with van der Waals surface area (Å²) < 4.78 is 56.4. The number of aromatic nitrogens is 6. The molecule has 7 rings (SSSR count). The molecule has 0 aliphatic carbocycles. The zero-order valence-electron chi connectivity index (χ0n) is 24.5. The summed E-state index contributed by atoms with van der Waals surface area (Å²) in [4.78, 5) is 29.0. The molecule has 14 heteroatoms. The van der Waals surface area contributed by atoms with E-state index in [-0.39, 0.29) is 34.9 Å². The number of imidazole rings is 1. The Morgan fingerprint density at radius 2 is 1.77 bits per heavy atom. The van der Waals surface area contributed by atoms with Crippen molar-refractivity contribution in [1.82, 2.24) is 34.9 Å². The van der Waals surface area contributed by atoms with Crippen LogP contribution in [0.4, 0.5) is 14.5 Å². The Hall–Kier alpha value is -5.86. The van der Waals surface area contributed by atoms with Gasteiger partial charge in [0.1, 0.15) is 22.8 Å². The van der Waals surface area contributed by atoms with Crippen molar-refractivity contribution < 1.29 is 22.0 Å². The Kier molecular flexibility index (Phi) is 7.50. The van der Waals surface area contributed by atoms with Crippen molar-refractivity contribution >= 4 is 43.7 Å². The molecule has 0 unspecified atom stereocenters. The van der Waals surface area contributed by atoms with E-state index in [2.05, 4.69) is 40.2 Å². The molecule has 0 spiro atoms. The summed E-state index contributed by atoms with van der Waals surface area (Å²) in [6, 6.07) is 19.5. The number of H-pyrrole nitrogens is 2. The molecular weight excluding hydrogens is 626 g/mol. The van der Waals surface area contributed by atoms with E-state index in [4.69, 9.17) is 0 Å². The van der Waals surface area contributed by atoms with Gasteiger partial charge in [0.15, 0.2) is 11.5 Å². The fraction of sp³-hybridized carbons (Fsp3) is 0.0606. The van der Waals surface area contributed by atoms with Crippen LogP contribution in [0, 0.1) is 11.6 Å². The second-order valence-electron chi connectivity index (χ2n) is 10.8. The van der Waals surface area contributed by atoms with Gasteiger partial charge in [-0.05, 0) is 65.7 Å². The maximum absolute atomic E-state index is 16.3. The third kappa shape index (κ3) is 6.06. The first kappa shape index (κ1) is 29.8. The van der Waals surface area contributed by atoms with Gasteiger partial charge >= 0.3 is 0 Å². The molecule has 0 bridgehead atoms. The van der Waals surface area contributed by atoms with Crippen LogP contribution in [0.1, 0.15) is 15.9 Å². The quantitative estimate of drug-likeness (QED) is 0.162. The number of pyridine rings is 2. The van der Waals surface area contributed by atoms with Crippen LogP contribution in [0.25, 0.3) is 55.8 Å². The number of anilines is 1. The van der Waals surface area contributed by atoms with Crippen molar-refractivity contribution in [3.63, 3.8) is 0 Å². The minimum atomic E-state index is -3.49. The van der Waals surface area contributed by atoms with Gasteiger partial charge in [0, 0.05) is 41.2 Å². The molecule has 4 heterocycles. The Labute approximate surface area is 266 Å². The molecule has 234 valence electrons. The predicted molar refractivity (Wildman–Crippen MR) is 174 cm³/mol. The van der Waals surface area contributed by atoms with Gasteiger partial charge in [-0.15, -0.1) is 0 Å². The summed E-state index contributed by atoms with van der Waals surface area (Å²) >= 11 is 0. The summed E-state index contributed by atoms with van der Waals surface area (Å²) in [6.07, 6.45) is 5.53. The molecule has 11 nitrogen and oxygen atoms in total. The van der Waals surface area contributed by atoms with Crippen molar-refractivity contribution in [1.29, 1.82) is 0 Å². The Morgan fingerprint density at radius 3 is 2.57 bits per heavy atom. The number of nitrogens with zero attached hydrogens (tertiary/aromatic N) is 4. The standard InChI is InChI=1S/C33H24F2N8O3S/c1-47(45,46)38-15-18-11-20(13-22(34)12-18)25-9-10-37-31-29(25)40-32(41-31)30-27-26(42-43-30)8-7-24(28(27)35)21-14-23(17-36-16-21)39-33(44)19-5-3-2-4-6-19/h2-14,16-17,38H,15H2,1H3,(H,39,44)(H,42,43)(H,37,40,41). The van der Waals surface area contributed by atoms with Gasteiger partial charge in [-0.25, -0.2) is 31.9 Å². The first-order chi connectivity index (χ1) is 22.6. The molecule has 4 N–H and O–H groups in total. The first-order valence-corrected chi connectivity index (χ1v) is 16.1. The minimum Gasteiger partial charge on any atom is -0.321 e. The number of rotatable bonds is 8. The van der Waals surface area contributed by atoms with Gasteiger partial charge in [-0.1, -0.05) is 18.2 Å². The second-order valence-corrected chi connectivity index (χ2v) is 12.6. The topological polar surface area (TPSA) is 158 Å². The van der Waals surface area contributed by atoms with Crippen LogP contribution in [0.3, 0.4) is 0 Å². The zero-order chi connectivity index (χ0) is 32.7. The van der Waals surface area contributed by atoms with E-state index >= 15 is 4.39 Å². The molecule has 0 saturated heterocycles. The maximum Gasteiger partial charge on any atom is 0.255 e. The van der Waals surface area contributed by atoms with Crippen LogP contribution >= 0.6 is 0 Å². The number of amides is 1. The van der Waals surface area contributed by atoms with E-state index in [1.54, 1.807) is 54.6 Å². The van der Waals surface area contributed by atoms with Gasteiger partial charge in [-0.3, -0.25) is 14.9 Å². The molecular formula is C33H24F2N8O3S. The number of sulfonamides is 1. The molecule has 7 aromatic rings. The van der Waals surface area contributed by atoms with Gasteiger partial charge in [0.25, 0.3) is 5.91 Å². The predicted octanol–water partition coefficient (Wildman–Crippen LogP) is 5.81. The Balaban J connectivity index is 1.25. The lowest BCUT2D eigenvalue weighted by Gasteiger charge is -2.09. The SMILES string of the molecule is CS(=O)(=O)NCc1cc(F)cc(-c2ccnc3[nH]c(-c4n[nH]c5ccc(-c6cncc(NC(=O)c7ccccc7)c6)c(F)c45)nc23)c1. The van der Waals surface area contributed by atoms with Crippen molar-refractivity contribution in [3.05, 3.63) is 114 Å². The highest BCUT2D eigenvalue weighted by atomic mass is 32.2. The van der Waals surface area contributed by atoms with Crippen molar-refractivity contribution in [2.45, 2.75) is 6.54 Å². The minimum absolute atomic E-state index is 0.0949. The average molecular weight is 651 g/mol. The van der Waals surface area contributed by atoms with Gasteiger partial charge < -0.3 is 10.3 Å². The van der Waals surface area contributed by atoms with E-state index in [0.29, 0.717) is 50.2 Å². The highest BCUT2D eigenvalue weighted by Gasteiger charge is 2.21. The molecule has 4 aromatic heterocycles. The number of carbonyl (C=O) groups is 1. The van der Waals surface area contributed by atoms with Gasteiger partial charge in [0.05, 0.1) is 29.0 Å². The molecule has 0 radical (unpaired) electrons. The third-order valence-electron chi connectivity index (χ3n) is 7.43. The molecule has 47 heavy (non-hydrogen) atoms. The summed E-state index contributed by atoms with van der Waals surface area (Å²) in [7, 11) is -3.49. The Bertz CT molecular complexity index is 2430. The van der Waals surface area contributed by atoms with E-state index in [1.807, 2.05) is 6.07 Å². The highest BCUT2D eigenvalue weighted by Crippen LogP contribution is 2.35. The summed E-state index contributed by atoms with van der Waals surface area (Å²) in [6.45, 7) is -0.0949. The smallest absolute Gasteiger partial charge is 0.255 e. The number of hydrogen-bond acceptors (Lipinski definition) is 7. The molecule has 0 saturated carbocycles. The molecule has 0 aliphatic rings. The molecule has 0 atom stereocenters. The van der Waals surface area contributed by atoms with Gasteiger partial charge in [-0.2, -0.15) is 5.10 Å². The van der Waals surface area contributed by atoms with E-state index in [0.717, 1.165) is 6.26 Å². The van der Waals surface area contributed by atoms with Crippen LogP contribution in [-0.4, -0.2) is 50.7 Å². The molecule has 3 aromatic carbocycles. The number of benzene rings is 3. The maximum atomic E-state index is 16.3. The lowest BCUT2D eigenvalue weighted by molar-refractivity contribution is 0.102. The first-order valence-electron chi connectivity index (χ1n) is 14.2. The Morgan fingerprint density at radius 1 is 0.936 bits per heavy atom.